The summed E-state index contributed by atoms with van der Waals surface area (Å²) >= 11 is 0. The highest BCUT2D eigenvalue weighted by molar-refractivity contribution is 7.90. The summed E-state index contributed by atoms with van der Waals surface area (Å²) in [6.07, 6.45) is 3.70. The van der Waals surface area contributed by atoms with Gasteiger partial charge in [0.15, 0.2) is 0 Å². The molecular weight excluding hydrogens is 286 g/mol. The van der Waals surface area contributed by atoms with Crippen molar-refractivity contribution >= 4 is 21.6 Å². The number of nitrogens with one attached hydrogen (secondary N) is 2. The Hall–Kier alpha value is -1.27. The molecule has 0 aliphatic carbocycles. The van der Waals surface area contributed by atoms with Crippen LogP contribution >= 0.6 is 0 Å². The van der Waals surface area contributed by atoms with E-state index >= 15 is 0 Å². The van der Waals surface area contributed by atoms with E-state index in [-0.39, 0.29) is 0 Å². The number of hydrogen-bond donors (Lipinski definition) is 2. The molecule has 0 bridgehead atoms. The third-order valence-corrected chi connectivity index (χ3v) is 5.11. The number of rotatable bonds is 7. The first kappa shape index (κ1) is 16.1. The van der Waals surface area contributed by atoms with Crippen LogP contribution in [0.25, 0.3) is 0 Å². The van der Waals surface area contributed by atoms with E-state index in [1.807, 2.05) is 32.0 Å². The third kappa shape index (κ3) is 4.11. The van der Waals surface area contributed by atoms with Gasteiger partial charge in [0.25, 0.3) is 0 Å². The molecule has 6 heteroatoms. The van der Waals surface area contributed by atoms with Crippen molar-refractivity contribution in [3.05, 3.63) is 23.8 Å². The Morgan fingerprint density at radius 2 is 1.95 bits per heavy atom. The predicted octanol–water partition coefficient (Wildman–Crippen LogP) is 2.82. The van der Waals surface area contributed by atoms with E-state index in [0.717, 1.165) is 37.9 Å². The topological polar surface area (TPSA) is 61.4 Å². The molecule has 0 saturated carbocycles. The molecule has 0 aromatic heterocycles. The molecule has 1 aliphatic heterocycles. The lowest BCUT2D eigenvalue weighted by molar-refractivity contribution is 0.413. The van der Waals surface area contributed by atoms with Gasteiger partial charge in [-0.25, -0.2) is 0 Å². The molecule has 0 atom stereocenters. The lowest BCUT2D eigenvalue weighted by atomic mass is 10.0. The molecule has 0 spiro atoms. The molecule has 2 N–H and O–H groups in total. The number of benzene rings is 1. The van der Waals surface area contributed by atoms with E-state index in [9.17, 15) is 8.42 Å². The Balaban J connectivity index is 2.15. The molecule has 0 radical (unpaired) electrons. The minimum atomic E-state index is -3.46. The minimum absolute atomic E-state index is 0.551. The highest BCUT2D eigenvalue weighted by Gasteiger charge is 2.20. The summed E-state index contributed by atoms with van der Waals surface area (Å²) in [5.74, 6) is 0. The number of nitrogens with zero attached hydrogens (tertiary/aromatic N) is 1. The second-order valence-electron chi connectivity index (χ2n) is 5.41. The second-order valence-corrected chi connectivity index (χ2v) is 7.08. The first-order valence-corrected chi connectivity index (χ1v) is 9.15. The summed E-state index contributed by atoms with van der Waals surface area (Å²) in [6, 6.07) is 5.72. The average Bonchev–Trinajstić information content (AvgIpc) is 2.46. The predicted molar refractivity (Wildman–Crippen MR) is 88.0 cm³/mol. The van der Waals surface area contributed by atoms with Crippen LogP contribution in [-0.4, -0.2) is 32.4 Å². The van der Waals surface area contributed by atoms with Gasteiger partial charge in [-0.3, -0.25) is 4.72 Å². The van der Waals surface area contributed by atoms with Crippen LogP contribution in [0.1, 0.15) is 38.7 Å². The fourth-order valence-electron chi connectivity index (χ4n) is 2.60. The van der Waals surface area contributed by atoms with Crippen LogP contribution in [0, 0.1) is 0 Å². The van der Waals surface area contributed by atoms with Crippen LogP contribution in [0.2, 0.25) is 0 Å². The zero-order chi connectivity index (χ0) is 15.3. The van der Waals surface area contributed by atoms with Crippen LogP contribution < -0.4 is 10.0 Å². The van der Waals surface area contributed by atoms with Gasteiger partial charge in [0.05, 0.1) is 5.69 Å². The average molecular weight is 311 g/mol. The summed E-state index contributed by atoms with van der Waals surface area (Å²) < 4.78 is 29.1. The summed E-state index contributed by atoms with van der Waals surface area (Å²) in [6.45, 7) is 6.07. The zero-order valence-electron chi connectivity index (χ0n) is 12.9. The lowest BCUT2D eigenvalue weighted by Gasteiger charge is -2.23. The van der Waals surface area contributed by atoms with E-state index < -0.39 is 10.2 Å². The van der Waals surface area contributed by atoms with E-state index in [2.05, 4.69) is 10.0 Å². The van der Waals surface area contributed by atoms with Gasteiger partial charge in [-0.15, -0.1) is 0 Å². The molecule has 2 rings (SSSR count). The Morgan fingerprint density at radius 3 is 2.62 bits per heavy atom. The molecule has 0 unspecified atom stereocenters. The van der Waals surface area contributed by atoms with Gasteiger partial charge in [0.1, 0.15) is 0 Å². The Kier molecular flexibility index (Phi) is 5.47. The fraction of sp³-hybridized carbons (Fsp3) is 0.600. The Labute approximate surface area is 127 Å². The first-order chi connectivity index (χ1) is 10.1. The van der Waals surface area contributed by atoms with Gasteiger partial charge in [-0.1, -0.05) is 13.8 Å². The molecule has 0 amide bonds. The molecule has 21 heavy (non-hydrogen) atoms. The van der Waals surface area contributed by atoms with Crippen molar-refractivity contribution < 1.29 is 8.42 Å². The van der Waals surface area contributed by atoms with Crippen LogP contribution in [0.5, 0.6) is 0 Å². The maximum atomic E-state index is 12.4. The van der Waals surface area contributed by atoms with Crippen LogP contribution in [0.15, 0.2) is 18.2 Å². The summed E-state index contributed by atoms with van der Waals surface area (Å²) in [4.78, 5) is 0. The van der Waals surface area contributed by atoms with Crippen molar-refractivity contribution in [2.24, 2.45) is 0 Å². The van der Waals surface area contributed by atoms with Crippen molar-refractivity contribution in [1.29, 1.82) is 0 Å². The van der Waals surface area contributed by atoms with Crippen LogP contribution in [0.4, 0.5) is 11.4 Å². The number of hydrogen-bond acceptors (Lipinski definition) is 3. The molecule has 1 aliphatic rings. The van der Waals surface area contributed by atoms with E-state index in [1.54, 1.807) is 0 Å². The smallest absolute Gasteiger partial charge is 0.301 e. The van der Waals surface area contributed by atoms with Gasteiger partial charge >= 0.3 is 10.2 Å². The number of fused-ring (bicyclic) bond motifs is 1. The van der Waals surface area contributed by atoms with E-state index in [1.165, 1.54) is 9.87 Å². The maximum Gasteiger partial charge on any atom is 0.301 e. The zero-order valence-corrected chi connectivity index (χ0v) is 13.7. The Morgan fingerprint density at radius 1 is 1.24 bits per heavy atom. The highest BCUT2D eigenvalue weighted by Crippen LogP contribution is 2.26. The molecule has 118 valence electrons. The van der Waals surface area contributed by atoms with Crippen molar-refractivity contribution in [2.45, 2.75) is 39.5 Å². The summed E-state index contributed by atoms with van der Waals surface area (Å²) in [5.41, 5.74) is 2.94. The lowest BCUT2D eigenvalue weighted by Crippen LogP contribution is -2.37. The molecule has 5 nitrogen and oxygen atoms in total. The van der Waals surface area contributed by atoms with Crippen LogP contribution in [0.3, 0.4) is 0 Å². The van der Waals surface area contributed by atoms with Gasteiger partial charge in [-0.05, 0) is 49.4 Å². The van der Waals surface area contributed by atoms with Crippen LogP contribution in [-0.2, 0) is 16.6 Å². The van der Waals surface area contributed by atoms with Gasteiger partial charge in [0, 0.05) is 25.3 Å². The van der Waals surface area contributed by atoms with Gasteiger partial charge < -0.3 is 5.32 Å². The standard InChI is InChI=1S/C15H25N3O2S/c1-3-10-18(11-4-2)21(19,20)17-14-7-8-15-13(12-14)6-5-9-16-15/h7-8,12,16-17H,3-6,9-11H2,1-2H3. The van der Waals surface area contributed by atoms with Gasteiger partial charge in [0.2, 0.25) is 0 Å². The molecule has 1 aromatic carbocycles. The quantitative estimate of drug-likeness (QED) is 0.814. The molecule has 0 saturated heterocycles. The SMILES string of the molecule is CCCN(CCC)S(=O)(=O)Nc1ccc2c(c1)CCCN2. The van der Waals surface area contributed by atoms with Crippen molar-refractivity contribution in [2.75, 3.05) is 29.7 Å². The second kappa shape index (κ2) is 7.13. The molecule has 1 heterocycles. The largest absolute Gasteiger partial charge is 0.385 e. The minimum Gasteiger partial charge on any atom is -0.385 e. The number of anilines is 2. The highest BCUT2D eigenvalue weighted by atomic mass is 32.2. The Bertz CT molecular complexity index is 566. The van der Waals surface area contributed by atoms with Crippen molar-refractivity contribution in [1.82, 2.24) is 4.31 Å². The molecular formula is C15H25N3O2S. The van der Waals surface area contributed by atoms with E-state index in [0.29, 0.717) is 18.8 Å². The monoisotopic (exact) mass is 311 g/mol. The van der Waals surface area contributed by atoms with Crippen molar-refractivity contribution in [3.8, 4) is 0 Å². The van der Waals surface area contributed by atoms with Crippen molar-refractivity contribution in [3.63, 3.8) is 0 Å². The third-order valence-electron chi connectivity index (χ3n) is 3.58. The van der Waals surface area contributed by atoms with E-state index in [4.69, 9.17) is 0 Å². The normalized spacial score (nSPS) is 14.6. The summed E-state index contributed by atoms with van der Waals surface area (Å²) in [7, 11) is -3.46. The maximum absolute atomic E-state index is 12.4. The van der Waals surface area contributed by atoms with Gasteiger partial charge in [-0.2, -0.15) is 12.7 Å². The summed E-state index contributed by atoms with van der Waals surface area (Å²) in [5, 5.41) is 3.33. The number of aryl methyl sites for hydroxylation is 1. The fourth-order valence-corrected chi connectivity index (χ4v) is 4.00. The first-order valence-electron chi connectivity index (χ1n) is 7.71. The molecule has 1 aromatic rings. The molecule has 0 fully saturated rings.